The molecule has 2 aliphatic rings. The Morgan fingerprint density at radius 2 is 1.88 bits per heavy atom. The summed E-state index contributed by atoms with van der Waals surface area (Å²) in [4.78, 5) is 27.8. The molecule has 210 valence electrons. The number of rotatable bonds is 7. The molecule has 1 fully saturated rings. The number of halogens is 3. The summed E-state index contributed by atoms with van der Waals surface area (Å²) in [5, 5.41) is 2.66. The fourth-order valence-corrected chi connectivity index (χ4v) is 5.15. The Bertz CT molecular complexity index is 1390. The zero-order valence-corrected chi connectivity index (χ0v) is 22.3. The van der Waals surface area contributed by atoms with E-state index in [4.69, 9.17) is 5.73 Å². The minimum atomic E-state index is -4.53. The van der Waals surface area contributed by atoms with Gasteiger partial charge in [-0.15, -0.1) is 0 Å². The highest BCUT2D eigenvalue weighted by Gasteiger charge is 2.34. The summed E-state index contributed by atoms with van der Waals surface area (Å²) < 4.78 is 42.0. The molecule has 3 N–H and O–H groups in total. The summed E-state index contributed by atoms with van der Waals surface area (Å²) in [5.74, 6) is -0.474. The average Bonchev–Trinajstić information content (AvgIpc) is 3.35. The summed E-state index contributed by atoms with van der Waals surface area (Å²) in [6.45, 7) is 4.49. The van der Waals surface area contributed by atoms with Crippen LogP contribution in [0.5, 0.6) is 0 Å². The molecule has 0 radical (unpaired) electrons. The number of amides is 1. The predicted molar refractivity (Wildman–Crippen MR) is 149 cm³/mol. The molecule has 5 rings (SSSR count). The number of alkyl halides is 3. The van der Waals surface area contributed by atoms with Crippen LogP contribution in [0.3, 0.4) is 0 Å². The maximum absolute atomic E-state index is 14.0. The van der Waals surface area contributed by atoms with Crippen LogP contribution in [0.25, 0.3) is 5.57 Å². The SMILES string of the molecule is CN1CCN(Cc2ccc(NC(=O)c3ccc4c(c3)N(CC(=CN)c3cnccn3)CC4)cc2C(F)(F)F)CC1. The van der Waals surface area contributed by atoms with E-state index in [1.807, 2.05) is 18.0 Å². The number of carbonyl (C=O) groups is 1. The molecular formula is C29H32F3N7O. The van der Waals surface area contributed by atoms with Crippen molar-refractivity contribution in [1.29, 1.82) is 0 Å². The van der Waals surface area contributed by atoms with E-state index in [9.17, 15) is 18.0 Å². The summed E-state index contributed by atoms with van der Waals surface area (Å²) in [7, 11) is 2.00. The van der Waals surface area contributed by atoms with Crippen molar-refractivity contribution in [3.05, 3.63) is 89.1 Å². The summed E-state index contributed by atoms with van der Waals surface area (Å²) in [6, 6.07) is 9.40. The van der Waals surface area contributed by atoms with Crippen LogP contribution < -0.4 is 16.0 Å². The number of anilines is 2. The van der Waals surface area contributed by atoms with Gasteiger partial charge in [-0.25, -0.2) is 0 Å². The molecule has 11 heteroatoms. The zero-order valence-electron chi connectivity index (χ0n) is 22.3. The zero-order chi connectivity index (χ0) is 28.3. The standard InChI is InChI=1S/C29H32F3N7O/c1-37-10-12-38(13-11-37)18-22-4-5-24(15-25(22)29(30,31)32)36-28(40)21-3-2-20-6-9-39(27(20)14-21)19-23(16-33)26-17-34-7-8-35-26/h2-5,7-8,14-17H,6,9-13,18-19,33H2,1H3,(H,36,40). The van der Waals surface area contributed by atoms with Crippen molar-refractivity contribution in [1.82, 2.24) is 19.8 Å². The first-order valence-electron chi connectivity index (χ1n) is 13.2. The van der Waals surface area contributed by atoms with Crippen LogP contribution in [0.15, 0.2) is 61.2 Å². The molecule has 2 aromatic carbocycles. The van der Waals surface area contributed by atoms with E-state index >= 15 is 0 Å². The molecule has 0 aliphatic carbocycles. The number of fused-ring (bicyclic) bond motifs is 1. The number of benzene rings is 2. The van der Waals surface area contributed by atoms with Crippen molar-refractivity contribution in [2.75, 3.05) is 56.5 Å². The molecule has 3 aromatic rings. The van der Waals surface area contributed by atoms with Crippen molar-refractivity contribution in [2.45, 2.75) is 19.1 Å². The van der Waals surface area contributed by atoms with Crippen LogP contribution in [-0.4, -0.2) is 72.0 Å². The lowest BCUT2D eigenvalue weighted by molar-refractivity contribution is -0.138. The molecule has 0 bridgehead atoms. The lowest BCUT2D eigenvalue weighted by atomic mass is 10.0. The normalized spacial score (nSPS) is 16.7. The number of hydrogen-bond donors (Lipinski definition) is 2. The topological polar surface area (TPSA) is 90.6 Å². The second-order valence-electron chi connectivity index (χ2n) is 10.2. The van der Waals surface area contributed by atoms with Gasteiger partial charge in [0.05, 0.1) is 17.5 Å². The van der Waals surface area contributed by atoms with Gasteiger partial charge in [0.15, 0.2) is 0 Å². The molecule has 1 saturated heterocycles. The van der Waals surface area contributed by atoms with E-state index in [1.54, 1.807) is 30.7 Å². The van der Waals surface area contributed by atoms with E-state index in [2.05, 4.69) is 25.1 Å². The van der Waals surface area contributed by atoms with Crippen molar-refractivity contribution < 1.29 is 18.0 Å². The van der Waals surface area contributed by atoms with Gasteiger partial charge in [-0.2, -0.15) is 13.2 Å². The highest BCUT2D eigenvalue weighted by Crippen LogP contribution is 2.35. The van der Waals surface area contributed by atoms with Crippen LogP contribution in [0.2, 0.25) is 0 Å². The molecule has 0 unspecified atom stereocenters. The Labute approximate surface area is 231 Å². The molecule has 40 heavy (non-hydrogen) atoms. The molecule has 1 amide bonds. The van der Waals surface area contributed by atoms with Gasteiger partial charge in [-0.3, -0.25) is 19.7 Å². The summed E-state index contributed by atoms with van der Waals surface area (Å²) >= 11 is 0. The number of aromatic nitrogens is 2. The fourth-order valence-electron chi connectivity index (χ4n) is 5.15. The molecule has 2 aliphatic heterocycles. The maximum Gasteiger partial charge on any atom is 0.416 e. The summed E-state index contributed by atoms with van der Waals surface area (Å²) in [6.07, 6.45) is 2.61. The molecular weight excluding hydrogens is 519 g/mol. The number of piperazine rings is 1. The second-order valence-corrected chi connectivity index (χ2v) is 10.2. The van der Waals surface area contributed by atoms with E-state index in [1.165, 1.54) is 18.3 Å². The van der Waals surface area contributed by atoms with Gasteiger partial charge < -0.3 is 20.9 Å². The van der Waals surface area contributed by atoms with Crippen molar-refractivity contribution in [2.24, 2.45) is 5.73 Å². The van der Waals surface area contributed by atoms with Crippen molar-refractivity contribution >= 4 is 22.9 Å². The second kappa shape index (κ2) is 11.6. The molecule has 0 saturated carbocycles. The number of nitrogens with zero attached hydrogens (tertiary/aromatic N) is 5. The van der Waals surface area contributed by atoms with Gasteiger partial charge >= 0.3 is 6.18 Å². The number of likely N-dealkylation sites (N-methyl/N-ethyl adjacent to an activating group) is 1. The highest BCUT2D eigenvalue weighted by molar-refractivity contribution is 6.05. The highest BCUT2D eigenvalue weighted by atomic mass is 19.4. The summed E-state index contributed by atoms with van der Waals surface area (Å²) in [5.41, 5.74) is 9.25. The quantitative estimate of drug-likeness (QED) is 0.461. The number of nitrogens with one attached hydrogen (secondary N) is 1. The monoisotopic (exact) mass is 551 g/mol. The Balaban J connectivity index is 1.31. The van der Waals surface area contributed by atoms with Crippen molar-refractivity contribution in [3.8, 4) is 0 Å². The predicted octanol–water partition coefficient (Wildman–Crippen LogP) is 3.86. The first-order valence-corrected chi connectivity index (χ1v) is 13.2. The Morgan fingerprint density at radius 3 is 2.58 bits per heavy atom. The van der Waals surface area contributed by atoms with Gasteiger partial charge in [0.25, 0.3) is 5.91 Å². The first kappa shape index (κ1) is 27.6. The average molecular weight is 552 g/mol. The Morgan fingerprint density at radius 1 is 1.07 bits per heavy atom. The minimum Gasteiger partial charge on any atom is -0.404 e. The van der Waals surface area contributed by atoms with Crippen LogP contribution in [0.4, 0.5) is 24.5 Å². The number of nitrogens with two attached hydrogens (primary N) is 1. The third kappa shape index (κ3) is 6.26. The smallest absolute Gasteiger partial charge is 0.404 e. The number of carbonyl (C=O) groups excluding carboxylic acids is 1. The van der Waals surface area contributed by atoms with Crippen LogP contribution >= 0.6 is 0 Å². The van der Waals surface area contributed by atoms with E-state index in [-0.39, 0.29) is 17.8 Å². The Kier molecular flexibility index (Phi) is 8.04. The van der Waals surface area contributed by atoms with Crippen molar-refractivity contribution in [3.63, 3.8) is 0 Å². The molecule has 0 atom stereocenters. The third-order valence-electron chi connectivity index (χ3n) is 7.46. The third-order valence-corrected chi connectivity index (χ3v) is 7.46. The van der Waals surface area contributed by atoms with Crippen LogP contribution in [0.1, 0.15) is 32.7 Å². The Hall–Kier alpha value is -3.96. The van der Waals surface area contributed by atoms with Gasteiger partial charge in [-0.1, -0.05) is 12.1 Å². The van der Waals surface area contributed by atoms with E-state index in [0.29, 0.717) is 30.9 Å². The van der Waals surface area contributed by atoms with Crippen LogP contribution in [-0.2, 0) is 19.1 Å². The molecule has 3 heterocycles. The van der Waals surface area contributed by atoms with E-state index in [0.717, 1.165) is 48.9 Å². The lowest BCUT2D eigenvalue weighted by Crippen LogP contribution is -2.44. The molecule has 1 aromatic heterocycles. The van der Waals surface area contributed by atoms with Crippen LogP contribution in [0, 0.1) is 0 Å². The maximum atomic E-state index is 14.0. The number of hydrogen-bond acceptors (Lipinski definition) is 7. The van der Waals surface area contributed by atoms with Gasteiger partial charge in [0, 0.05) is 86.9 Å². The lowest BCUT2D eigenvalue weighted by Gasteiger charge is -2.33. The largest absolute Gasteiger partial charge is 0.416 e. The molecule has 0 spiro atoms. The minimum absolute atomic E-state index is 0.104. The molecule has 8 nitrogen and oxygen atoms in total. The fraction of sp³-hybridized carbons (Fsp3) is 0.345. The van der Waals surface area contributed by atoms with Gasteiger partial charge in [0.2, 0.25) is 0 Å². The first-order chi connectivity index (χ1) is 19.2. The van der Waals surface area contributed by atoms with Gasteiger partial charge in [0.1, 0.15) is 0 Å². The van der Waals surface area contributed by atoms with Gasteiger partial charge in [-0.05, 0) is 48.9 Å². The van der Waals surface area contributed by atoms with E-state index < -0.39 is 17.6 Å².